The Morgan fingerprint density at radius 1 is 1.38 bits per heavy atom. The summed E-state index contributed by atoms with van der Waals surface area (Å²) in [5.41, 5.74) is 3.10. The van der Waals surface area contributed by atoms with Crippen LogP contribution in [-0.2, 0) is 6.42 Å². The van der Waals surface area contributed by atoms with Crippen LogP contribution >= 0.6 is 0 Å². The fourth-order valence-electron chi connectivity index (χ4n) is 2.17. The van der Waals surface area contributed by atoms with Crippen molar-refractivity contribution in [2.75, 3.05) is 19.6 Å². The lowest BCUT2D eigenvalue weighted by atomic mass is 10.0. The highest BCUT2D eigenvalue weighted by atomic mass is 16.3. The summed E-state index contributed by atoms with van der Waals surface area (Å²) in [7, 11) is 0. The van der Waals surface area contributed by atoms with Crippen molar-refractivity contribution in [3.05, 3.63) is 30.2 Å². The fourth-order valence-corrected chi connectivity index (χ4v) is 2.17. The summed E-state index contributed by atoms with van der Waals surface area (Å²) < 4.78 is 5.30. The van der Waals surface area contributed by atoms with Crippen LogP contribution in [0.15, 0.2) is 29.0 Å². The van der Waals surface area contributed by atoms with E-state index in [-0.39, 0.29) is 0 Å². The summed E-state index contributed by atoms with van der Waals surface area (Å²) in [6.07, 6.45) is 2.53. The summed E-state index contributed by atoms with van der Waals surface area (Å²) >= 11 is 0. The zero-order chi connectivity index (χ0) is 10.8. The molecule has 0 aliphatic carbocycles. The van der Waals surface area contributed by atoms with Gasteiger partial charge in [0.15, 0.2) is 12.0 Å². The van der Waals surface area contributed by atoms with Crippen LogP contribution in [0.4, 0.5) is 0 Å². The molecule has 2 N–H and O–H groups in total. The van der Waals surface area contributed by atoms with Crippen LogP contribution in [0.1, 0.15) is 5.56 Å². The Balaban J connectivity index is 1.77. The van der Waals surface area contributed by atoms with Gasteiger partial charge in [0.1, 0.15) is 5.52 Å². The minimum Gasteiger partial charge on any atom is -0.443 e. The zero-order valence-corrected chi connectivity index (χ0v) is 9.07. The molecule has 0 amide bonds. The summed E-state index contributed by atoms with van der Waals surface area (Å²) in [6.45, 7) is 3.15. The Morgan fingerprint density at radius 2 is 2.38 bits per heavy atom. The van der Waals surface area contributed by atoms with Gasteiger partial charge in [-0.1, -0.05) is 6.07 Å². The average molecular weight is 217 g/mol. The van der Waals surface area contributed by atoms with Crippen molar-refractivity contribution in [3.8, 4) is 0 Å². The van der Waals surface area contributed by atoms with Crippen LogP contribution in [0.2, 0.25) is 0 Å². The predicted molar refractivity (Wildman–Crippen MR) is 62.4 cm³/mol. The largest absolute Gasteiger partial charge is 0.443 e. The lowest BCUT2D eigenvalue weighted by Crippen LogP contribution is -2.49. The number of benzene rings is 1. The minimum atomic E-state index is 0.522. The van der Waals surface area contributed by atoms with E-state index >= 15 is 0 Å². The lowest BCUT2D eigenvalue weighted by Gasteiger charge is -2.24. The van der Waals surface area contributed by atoms with Crippen molar-refractivity contribution in [2.24, 2.45) is 0 Å². The Kier molecular flexibility index (Phi) is 2.60. The first-order valence-electron chi connectivity index (χ1n) is 5.68. The van der Waals surface area contributed by atoms with Crippen molar-refractivity contribution >= 4 is 11.1 Å². The van der Waals surface area contributed by atoms with Gasteiger partial charge in [-0.3, -0.25) is 0 Å². The Hall–Kier alpha value is -1.39. The summed E-state index contributed by atoms with van der Waals surface area (Å²) in [5.74, 6) is 0. The molecule has 3 rings (SSSR count). The van der Waals surface area contributed by atoms with Gasteiger partial charge in [0.2, 0.25) is 0 Å². The predicted octanol–water partition coefficient (Wildman–Crippen LogP) is 0.932. The third kappa shape index (κ3) is 1.94. The van der Waals surface area contributed by atoms with E-state index in [4.69, 9.17) is 4.42 Å². The van der Waals surface area contributed by atoms with E-state index in [1.165, 1.54) is 12.0 Å². The Bertz CT molecular complexity index is 474. The zero-order valence-electron chi connectivity index (χ0n) is 9.07. The third-order valence-corrected chi connectivity index (χ3v) is 3.00. The first-order chi connectivity index (χ1) is 7.92. The smallest absolute Gasteiger partial charge is 0.181 e. The van der Waals surface area contributed by atoms with Gasteiger partial charge < -0.3 is 15.1 Å². The molecule has 0 saturated carbocycles. The first-order valence-corrected chi connectivity index (χ1v) is 5.68. The van der Waals surface area contributed by atoms with Crippen LogP contribution in [-0.4, -0.2) is 30.7 Å². The maximum absolute atomic E-state index is 5.30. The van der Waals surface area contributed by atoms with E-state index in [1.807, 2.05) is 6.07 Å². The van der Waals surface area contributed by atoms with Gasteiger partial charge in [-0.2, -0.15) is 0 Å². The molecule has 1 fully saturated rings. The highest BCUT2D eigenvalue weighted by Crippen LogP contribution is 2.15. The van der Waals surface area contributed by atoms with E-state index in [0.29, 0.717) is 6.04 Å². The third-order valence-electron chi connectivity index (χ3n) is 3.00. The topological polar surface area (TPSA) is 50.1 Å². The van der Waals surface area contributed by atoms with Crippen LogP contribution < -0.4 is 10.6 Å². The van der Waals surface area contributed by atoms with Crippen molar-refractivity contribution in [1.82, 2.24) is 15.6 Å². The molecule has 1 aromatic heterocycles. The number of aromatic nitrogens is 1. The molecule has 16 heavy (non-hydrogen) atoms. The summed E-state index contributed by atoms with van der Waals surface area (Å²) in [4.78, 5) is 4.11. The molecule has 1 saturated heterocycles. The van der Waals surface area contributed by atoms with Gasteiger partial charge in [-0.05, 0) is 24.1 Å². The highest BCUT2D eigenvalue weighted by Gasteiger charge is 2.12. The molecule has 1 aliphatic heterocycles. The number of nitrogens with zero attached hydrogens (tertiary/aromatic N) is 1. The normalized spacial score (nSPS) is 21.4. The molecule has 84 valence electrons. The van der Waals surface area contributed by atoms with Gasteiger partial charge in [0.05, 0.1) is 0 Å². The van der Waals surface area contributed by atoms with Gasteiger partial charge in [-0.25, -0.2) is 4.98 Å². The Morgan fingerprint density at radius 3 is 3.25 bits per heavy atom. The van der Waals surface area contributed by atoms with Crippen molar-refractivity contribution in [1.29, 1.82) is 0 Å². The quantitative estimate of drug-likeness (QED) is 0.785. The molecule has 4 heteroatoms. The average Bonchev–Trinajstić information content (AvgIpc) is 2.77. The van der Waals surface area contributed by atoms with Gasteiger partial charge in [0.25, 0.3) is 0 Å². The number of hydrogen-bond acceptors (Lipinski definition) is 4. The second-order valence-electron chi connectivity index (χ2n) is 4.21. The molecule has 1 aromatic carbocycles. The number of piperazine rings is 1. The minimum absolute atomic E-state index is 0.522. The lowest BCUT2D eigenvalue weighted by molar-refractivity contribution is 0.416. The van der Waals surface area contributed by atoms with E-state index < -0.39 is 0 Å². The Labute approximate surface area is 94.0 Å². The molecule has 2 aromatic rings. The molecule has 2 heterocycles. The summed E-state index contributed by atoms with van der Waals surface area (Å²) in [6, 6.07) is 6.75. The monoisotopic (exact) mass is 217 g/mol. The van der Waals surface area contributed by atoms with Gasteiger partial charge in [0, 0.05) is 25.7 Å². The number of nitrogens with one attached hydrogen (secondary N) is 2. The van der Waals surface area contributed by atoms with Crippen molar-refractivity contribution < 1.29 is 4.42 Å². The SMILES string of the molecule is c1nc2ccc(CC3CNCCN3)cc2o1. The van der Waals surface area contributed by atoms with E-state index in [9.17, 15) is 0 Å². The maximum atomic E-state index is 5.30. The number of rotatable bonds is 2. The molecule has 1 aliphatic rings. The first kappa shape index (κ1) is 9.81. The van der Waals surface area contributed by atoms with E-state index in [1.54, 1.807) is 0 Å². The second kappa shape index (κ2) is 4.23. The standard InChI is InChI=1S/C12H15N3O/c1-2-11-12(16-8-15-11)6-9(1)5-10-7-13-3-4-14-10/h1-2,6,8,10,13-14H,3-5,7H2. The van der Waals surface area contributed by atoms with Crippen molar-refractivity contribution in [3.63, 3.8) is 0 Å². The maximum Gasteiger partial charge on any atom is 0.181 e. The molecule has 0 bridgehead atoms. The second-order valence-corrected chi connectivity index (χ2v) is 4.21. The molecule has 1 atom stereocenters. The molecule has 1 unspecified atom stereocenters. The summed E-state index contributed by atoms with van der Waals surface area (Å²) in [5, 5.41) is 6.89. The molecule has 0 spiro atoms. The van der Waals surface area contributed by atoms with Gasteiger partial charge in [-0.15, -0.1) is 0 Å². The van der Waals surface area contributed by atoms with E-state index in [2.05, 4.69) is 27.8 Å². The fraction of sp³-hybridized carbons (Fsp3) is 0.417. The van der Waals surface area contributed by atoms with Crippen LogP contribution in [0.5, 0.6) is 0 Å². The highest BCUT2D eigenvalue weighted by molar-refractivity contribution is 5.72. The van der Waals surface area contributed by atoms with Gasteiger partial charge >= 0.3 is 0 Å². The van der Waals surface area contributed by atoms with Crippen LogP contribution in [0.3, 0.4) is 0 Å². The van der Waals surface area contributed by atoms with Crippen molar-refractivity contribution in [2.45, 2.75) is 12.5 Å². The molecule has 4 nitrogen and oxygen atoms in total. The van der Waals surface area contributed by atoms with E-state index in [0.717, 1.165) is 37.2 Å². The molecular formula is C12H15N3O. The van der Waals surface area contributed by atoms with Crippen LogP contribution in [0.25, 0.3) is 11.1 Å². The molecular weight excluding hydrogens is 202 g/mol. The number of hydrogen-bond donors (Lipinski definition) is 2. The number of fused-ring (bicyclic) bond motifs is 1. The number of oxazole rings is 1. The van der Waals surface area contributed by atoms with Crippen LogP contribution in [0, 0.1) is 0 Å². The molecule has 0 radical (unpaired) electrons.